The van der Waals surface area contributed by atoms with Gasteiger partial charge in [0.1, 0.15) is 0 Å². The molecular weight excluding hydrogens is 527 g/mol. The van der Waals surface area contributed by atoms with Gasteiger partial charge in [0.25, 0.3) is 15.9 Å². The molecule has 0 saturated carbocycles. The number of hydrogen-bond acceptors (Lipinski definition) is 7. The van der Waals surface area contributed by atoms with Gasteiger partial charge in [0.2, 0.25) is 15.6 Å². The van der Waals surface area contributed by atoms with Crippen molar-refractivity contribution in [1.29, 1.82) is 0 Å². The summed E-state index contributed by atoms with van der Waals surface area (Å²) < 4.78 is 91.8. The standard InChI is InChI=1S/C18H19ClF3N3O7S2/c1-17(28,18(20,21)22)16(27)24-15-7-6-13(10-14(15)19)34(31,32)25-11-2-4-12(5-3-11)33(29,30)23-8-9-26/h2-7,10,23,25-26,28H,8-9H2,1H3,(H,24,27)/t17-/m1/s1. The molecule has 10 nitrogen and oxygen atoms in total. The molecule has 0 fully saturated rings. The molecule has 0 aliphatic heterocycles. The number of hydrogen-bond donors (Lipinski definition) is 5. The third-order valence-electron chi connectivity index (χ3n) is 4.31. The first-order chi connectivity index (χ1) is 15.5. The van der Waals surface area contributed by atoms with Crippen molar-refractivity contribution < 1.29 is 45.0 Å². The van der Waals surface area contributed by atoms with E-state index < -0.39 is 54.3 Å². The molecule has 188 valence electrons. The lowest BCUT2D eigenvalue weighted by Gasteiger charge is -2.25. The third-order valence-corrected chi connectivity index (χ3v) is 7.48. The van der Waals surface area contributed by atoms with Crippen molar-refractivity contribution in [1.82, 2.24) is 4.72 Å². The molecule has 0 saturated heterocycles. The molecular formula is C18H19ClF3N3O7S2. The number of sulfonamides is 2. The summed E-state index contributed by atoms with van der Waals surface area (Å²) in [4.78, 5) is 11.2. The molecule has 1 atom stereocenters. The lowest BCUT2D eigenvalue weighted by Crippen LogP contribution is -2.52. The summed E-state index contributed by atoms with van der Waals surface area (Å²) in [7, 11) is -8.17. The van der Waals surface area contributed by atoms with Gasteiger partial charge in [-0.05, 0) is 49.4 Å². The fourth-order valence-corrected chi connectivity index (χ4v) is 4.71. The zero-order chi connectivity index (χ0) is 25.9. The van der Waals surface area contributed by atoms with Crippen LogP contribution in [0.5, 0.6) is 0 Å². The maximum absolute atomic E-state index is 12.8. The number of anilines is 2. The van der Waals surface area contributed by atoms with E-state index in [4.69, 9.17) is 16.7 Å². The lowest BCUT2D eigenvalue weighted by atomic mass is 10.1. The number of carbonyl (C=O) groups excluding carboxylic acids is 1. The Hall–Kier alpha value is -2.43. The van der Waals surface area contributed by atoms with Crippen LogP contribution in [0.25, 0.3) is 0 Å². The summed E-state index contributed by atoms with van der Waals surface area (Å²) in [6.45, 7) is -0.371. The minimum atomic E-state index is -5.26. The molecule has 2 aromatic carbocycles. The summed E-state index contributed by atoms with van der Waals surface area (Å²) in [5, 5.41) is 19.5. The zero-order valence-electron chi connectivity index (χ0n) is 17.2. The van der Waals surface area contributed by atoms with Crippen LogP contribution in [0.4, 0.5) is 24.5 Å². The first kappa shape index (κ1) is 27.8. The first-order valence-electron chi connectivity index (χ1n) is 9.15. The van der Waals surface area contributed by atoms with Crippen LogP contribution < -0.4 is 14.8 Å². The van der Waals surface area contributed by atoms with E-state index in [2.05, 4.69) is 9.44 Å². The van der Waals surface area contributed by atoms with E-state index >= 15 is 0 Å². The second-order valence-corrected chi connectivity index (χ2v) is 10.8. The van der Waals surface area contributed by atoms with Crippen molar-refractivity contribution in [3.05, 3.63) is 47.5 Å². The highest BCUT2D eigenvalue weighted by atomic mass is 35.5. The molecule has 2 aromatic rings. The summed E-state index contributed by atoms with van der Waals surface area (Å²) in [6, 6.07) is 7.32. The molecule has 0 aromatic heterocycles. The highest BCUT2D eigenvalue weighted by molar-refractivity contribution is 7.92. The van der Waals surface area contributed by atoms with Crippen LogP contribution >= 0.6 is 11.6 Å². The van der Waals surface area contributed by atoms with Crippen LogP contribution in [0.2, 0.25) is 5.02 Å². The van der Waals surface area contributed by atoms with E-state index in [0.717, 1.165) is 30.3 Å². The predicted octanol–water partition coefficient (Wildman–Crippen LogP) is 1.66. The number of aliphatic hydroxyl groups excluding tert-OH is 1. The Morgan fingerprint density at radius 3 is 2.06 bits per heavy atom. The highest BCUT2D eigenvalue weighted by Gasteiger charge is 2.55. The van der Waals surface area contributed by atoms with Crippen molar-refractivity contribution in [3.63, 3.8) is 0 Å². The number of aliphatic hydroxyl groups is 2. The Labute approximate surface area is 197 Å². The van der Waals surface area contributed by atoms with E-state index in [1.807, 2.05) is 0 Å². The van der Waals surface area contributed by atoms with E-state index in [1.54, 1.807) is 5.32 Å². The van der Waals surface area contributed by atoms with Crippen LogP contribution in [0.1, 0.15) is 6.92 Å². The minimum absolute atomic E-state index is 0.0177. The number of rotatable bonds is 9. The fraction of sp³-hybridized carbons (Fsp3) is 0.278. The van der Waals surface area contributed by atoms with E-state index in [-0.39, 0.29) is 29.7 Å². The molecule has 1 amide bonds. The van der Waals surface area contributed by atoms with Gasteiger partial charge in [-0.25, -0.2) is 21.6 Å². The molecule has 0 unspecified atom stereocenters. The van der Waals surface area contributed by atoms with Crippen molar-refractivity contribution in [3.8, 4) is 0 Å². The molecule has 0 bridgehead atoms. The molecule has 0 aliphatic rings. The number of amides is 1. The second kappa shape index (κ2) is 10.1. The Kier molecular flexibility index (Phi) is 8.22. The van der Waals surface area contributed by atoms with Crippen molar-refractivity contribution in [2.24, 2.45) is 0 Å². The van der Waals surface area contributed by atoms with Crippen LogP contribution in [-0.2, 0) is 24.8 Å². The smallest absolute Gasteiger partial charge is 0.395 e. The normalized spacial score (nSPS) is 14.3. The number of benzene rings is 2. The van der Waals surface area contributed by atoms with E-state index in [9.17, 15) is 39.9 Å². The van der Waals surface area contributed by atoms with Crippen molar-refractivity contribution in [2.75, 3.05) is 23.2 Å². The maximum Gasteiger partial charge on any atom is 0.426 e. The first-order valence-corrected chi connectivity index (χ1v) is 12.5. The summed E-state index contributed by atoms with van der Waals surface area (Å²) in [6.07, 6.45) is -5.26. The Balaban J connectivity index is 2.20. The summed E-state index contributed by atoms with van der Waals surface area (Å²) >= 11 is 5.90. The highest BCUT2D eigenvalue weighted by Crippen LogP contribution is 2.33. The lowest BCUT2D eigenvalue weighted by molar-refractivity contribution is -0.242. The zero-order valence-corrected chi connectivity index (χ0v) is 19.6. The molecule has 0 spiro atoms. The summed E-state index contributed by atoms with van der Waals surface area (Å²) in [5.41, 5.74) is -4.11. The van der Waals surface area contributed by atoms with E-state index in [1.165, 1.54) is 12.1 Å². The van der Waals surface area contributed by atoms with Crippen molar-refractivity contribution in [2.45, 2.75) is 28.5 Å². The van der Waals surface area contributed by atoms with Gasteiger partial charge in [-0.15, -0.1) is 0 Å². The van der Waals surface area contributed by atoms with Gasteiger partial charge < -0.3 is 15.5 Å². The number of nitrogens with one attached hydrogen (secondary N) is 3. The van der Waals surface area contributed by atoms with Gasteiger partial charge in [0.15, 0.2) is 0 Å². The van der Waals surface area contributed by atoms with Crippen LogP contribution in [0.3, 0.4) is 0 Å². The average Bonchev–Trinajstić information content (AvgIpc) is 2.72. The van der Waals surface area contributed by atoms with Gasteiger partial charge >= 0.3 is 6.18 Å². The second-order valence-electron chi connectivity index (χ2n) is 6.92. The quantitative estimate of drug-likeness (QED) is 0.320. The molecule has 16 heteroatoms. The number of halogens is 4. The van der Waals surface area contributed by atoms with E-state index in [0.29, 0.717) is 0 Å². The predicted molar refractivity (Wildman–Crippen MR) is 116 cm³/mol. The van der Waals surface area contributed by atoms with Gasteiger partial charge in [0.05, 0.1) is 27.1 Å². The number of carbonyl (C=O) groups is 1. The number of alkyl halides is 3. The molecule has 0 heterocycles. The molecule has 2 rings (SSSR count). The summed E-state index contributed by atoms with van der Waals surface area (Å²) in [5.74, 6) is -1.82. The SMILES string of the molecule is C[C@@](O)(C(=O)Nc1ccc(S(=O)(=O)Nc2ccc(S(=O)(=O)NCCO)cc2)cc1Cl)C(F)(F)F. The topological polar surface area (TPSA) is 162 Å². The van der Waals surface area contributed by atoms with Crippen molar-refractivity contribution >= 4 is 48.9 Å². The maximum atomic E-state index is 12.8. The van der Waals surface area contributed by atoms with Gasteiger partial charge in [0, 0.05) is 12.2 Å². The Morgan fingerprint density at radius 2 is 1.56 bits per heavy atom. The molecule has 0 aliphatic carbocycles. The van der Waals surface area contributed by atoms with Gasteiger partial charge in [-0.3, -0.25) is 9.52 Å². The molecule has 5 N–H and O–H groups in total. The van der Waals surface area contributed by atoms with Crippen LogP contribution in [-0.4, -0.2) is 57.9 Å². The Morgan fingerprint density at radius 1 is 1.00 bits per heavy atom. The molecule has 0 radical (unpaired) electrons. The monoisotopic (exact) mass is 545 g/mol. The third kappa shape index (κ3) is 6.37. The minimum Gasteiger partial charge on any atom is -0.395 e. The van der Waals surface area contributed by atoms with Gasteiger partial charge in [-0.1, -0.05) is 11.6 Å². The Bertz CT molecular complexity index is 1270. The molecule has 34 heavy (non-hydrogen) atoms. The largest absolute Gasteiger partial charge is 0.426 e. The fourth-order valence-electron chi connectivity index (χ4n) is 2.32. The van der Waals surface area contributed by atoms with Gasteiger partial charge in [-0.2, -0.15) is 13.2 Å². The van der Waals surface area contributed by atoms with Crippen LogP contribution in [0, 0.1) is 0 Å². The average molecular weight is 546 g/mol. The van der Waals surface area contributed by atoms with Crippen LogP contribution in [0.15, 0.2) is 52.3 Å².